The summed E-state index contributed by atoms with van der Waals surface area (Å²) < 4.78 is 7.77. The molecule has 1 rings (SSSR count). The Morgan fingerprint density at radius 2 is 2.10 bits per heavy atom. The lowest BCUT2D eigenvalue weighted by Gasteiger charge is -2.37. The van der Waals surface area contributed by atoms with Crippen LogP contribution in [0.25, 0.3) is 0 Å². The quantitative estimate of drug-likeness (QED) is 0.595. The van der Waals surface area contributed by atoms with Gasteiger partial charge < -0.3 is 10.6 Å². The molecule has 1 fully saturated rings. The second-order valence-corrected chi connectivity index (χ2v) is 2.99. The molecule has 1 heterocycles. The van der Waals surface area contributed by atoms with Gasteiger partial charge in [0.1, 0.15) is 1.41 Å². The maximum absolute atomic E-state index is 7.77. The van der Waals surface area contributed by atoms with Crippen LogP contribution in [0.5, 0.6) is 0 Å². The normalized spacial score (nSPS) is 28.0. The summed E-state index contributed by atoms with van der Waals surface area (Å²) >= 11 is 0. The number of piperazine rings is 1. The Morgan fingerprint density at radius 1 is 1.40 bits per heavy atom. The van der Waals surface area contributed by atoms with E-state index in [1.54, 1.807) is 5.31 Å². The zero-order valence-corrected chi connectivity index (χ0v) is 6.98. The van der Waals surface area contributed by atoms with Gasteiger partial charge in [-0.3, -0.25) is 0 Å². The van der Waals surface area contributed by atoms with E-state index in [2.05, 4.69) is 19.2 Å². The molecule has 0 aromatic rings. The summed E-state index contributed by atoms with van der Waals surface area (Å²) in [5, 5.41) is 5.10. The van der Waals surface area contributed by atoms with Crippen molar-refractivity contribution in [3.8, 4) is 0 Å². The molecule has 1 saturated heterocycles. The van der Waals surface area contributed by atoms with Crippen LogP contribution in [0.4, 0.5) is 0 Å². The van der Waals surface area contributed by atoms with Gasteiger partial charge in [0.05, 0.1) is 0 Å². The van der Waals surface area contributed by atoms with E-state index in [0.29, 0.717) is 0 Å². The fraction of sp³-hybridized carbons (Fsp3) is 1.00. The van der Waals surface area contributed by atoms with E-state index in [9.17, 15) is 0 Å². The standard InChI is InChI=1S/C8H18N2/c1-3-8(4-2)7-9-5-6-10-8/h9-10H,3-7H2,1-2H3/i/hD. The minimum absolute atomic E-state index is 0.109. The third kappa shape index (κ3) is 1.50. The largest absolute Gasteiger partial charge is 0.314 e. The summed E-state index contributed by atoms with van der Waals surface area (Å²) in [6, 6.07) is 0. The summed E-state index contributed by atoms with van der Waals surface area (Å²) in [7, 11) is 0. The molecule has 0 saturated carbocycles. The van der Waals surface area contributed by atoms with Crippen LogP contribution in [0.15, 0.2) is 0 Å². The first kappa shape index (κ1) is 6.62. The lowest BCUT2D eigenvalue weighted by molar-refractivity contribution is 0.254. The Labute approximate surface area is 64.9 Å². The summed E-state index contributed by atoms with van der Waals surface area (Å²) in [5.41, 5.74) is 0.109. The molecule has 0 radical (unpaired) electrons. The van der Waals surface area contributed by atoms with Gasteiger partial charge in [-0.2, -0.15) is 0 Å². The molecule has 10 heavy (non-hydrogen) atoms. The molecule has 1 aliphatic rings. The smallest absolute Gasteiger partial charge is 0.123 e. The minimum atomic E-state index is 0.109. The van der Waals surface area contributed by atoms with Crippen LogP contribution in [0.1, 0.15) is 26.7 Å². The zero-order valence-electron chi connectivity index (χ0n) is 7.98. The molecule has 0 atom stereocenters. The van der Waals surface area contributed by atoms with Gasteiger partial charge in [0.25, 0.3) is 0 Å². The highest BCUT2D eigenvalue weighted by Crippen LogP contribution is 2.14. The Balaban J connectivity index is 2.61. The van der Waals surface area contributed by atoms with Crippen molar-refractivity contribution in [3.63, 3.8) is 0 Å². The number of rotatable bonds is 2. The molecule has 1 aliphatic heterocycles. The van der Waals surface area contributed by atoms with Crippen molar-refractivity contribution >= 4 is 0 Å². The van der Waals surface area contributed by atoms with Crippen LogP contribution in [0.3, 0.4) is 0 Å². The van der Waals surface area contributed by atoms with E-state index in [4.69, 9.17) is 1.41 Å². The summed E-state index contributed by atoms with van der Waals surface area (Å²) in [4.78, 5) is 0. The molecule has 0 aliphatic carbocycles. The topological polar surface area (TPSA) is 24.1 Å². The molecule has 2 nitrogen and oxygen atoms in total. The molecule has 0 unspecified atom stereocenters. The molecule has 0 aromatic carbocycles. The summed E-state index contributed by atoms with van der Waals surface area (Å²) in [6.07, 6.45) is 2.14. The first-order valence-corrected chi connectivity index (χ1v) is 4.22. The van der Waals surface area contributed by atoms with Gasteiger partial charge >= 0.3 is 0 Å². The van der Waals surface area contributed by atoms with Gasteiger partial charge in [-0.1, -0.05) is 13.8 Å². The summed E-state index contributed by atoms with van der Waals surface area (Å²) in [5.74, 6) is 0. The lowest BCUT2D eigenvalue weighted by Crippen LogP contribution is -2.58. The van der Waals surface area contributed by atoms with Crippen molar-refractivity contribution in [3.05, 3.63) is 0 Å². The van der Waals surface area contributed by atoms with E-state index in [0.717, 1.165) is 32.5 Å². The fourth-order valence-corrected chi connectivity index (χ4v) is 1.47. The van der Waals surface area contributed by atoms with Crippen molar-refractivity contribution in [2.45, 2.75) is 32.2 Å². The van der Waals surface area contributed by atoms with Crippen LogP contribution < -0.4 is 10.6 Å². The van der Waals surface area contributed by atoms with Gasteiger partial charge in [-0.05, 0) is 12.8 Å². The van der Waals surface area contributed by atoms with E-state index in [1.807, 2.05) is 0 Å². The van der Waals surface area contributed by atoms with E-state index < -0.39 is 0 Å². The van der Waals surface area contributed by atoms with Gasteiger partial charge in [-0.15, -0.1) is 0 Å². The SMILES string of the molecule is [2H]N1CCNCC1(CC)CC. The van der Waals surface area contributed by atoms with Gasteiger partial charge in [-0.25, -0.2) is 0 Å². The van der Waals surface area contributed by atoms with Crippen LogP contribution in [0, 0.1) is 0 Å². The maximum atomic E-state index is 7.77. The van der Waals surface area contributed by atoms with E-state index in [1.165, 1.54) is 0 Å². The average molecular weight is 143 g/mol. The first-order chi connectivity index (χ1) is 5.25. The van der Waals surface area contributed by atoms with E-state index >= 15 is 0 Å². The van der Waals surface area contributed by atoms with Crippen LogP contribution in [-0.4, -0.2) is 25.2 Å². The molecule has 60 valence electrons. The molecular weight excluding hydrogens is 124 g/mol. The predicted octanol–water partition coefficient (Wildman–Crippen LogP) is 0.738. The number of hydrogen-bond donors (Lipinski definition) is 2. The molecule has 0 amide bonds. The third-order valence-electron chi connectivity index (χ3n) is 2.51. The number of hydrogen-bond acceptors (Lipinski definition) is 2. The average Bonchev–Trinajstić information content (AvgIpc) is 2.06. The van der Waals surface area contributed by atoms with E-state index in [-0.39, 0.29) is 5.54 Å². The van der Waals surface area contributed by atoms with Crippen LogP contribution >= 0.6 is 0 Å². The van der Waals surface area contributed by atoms with Crippen LogP contribution in [0.2, 0.25) is 1.41 Å². The molecular formula is C8H18N2. The minimum Gasteiger partial charge on any atom is -0.314 e. The molecule has 0 spiro atoms. The molecule has 0 aromatic heterocycles. The number of nitrogens with one attached hydrogen (secondary N) is 2. The Hall–Kier alpha value is -0.0800. The third-order valence-corrected chi connectivity index (χ3v) is 2.51. The monoisotopic (exact) mass is 143 g/mol. The predicted molar refractivity (Wildman–Crippen MR) is 44.2 cm³/mol. The highest BCUT2D eigenvalue weighted by Gasteiger charge is 2.26. The Morgan fingerprint density at radius 3 is 2.50 bits per heavy atom. The first-order valence-electron chi connectivity index (χ1n) is 4.67. The zero-order chi connectivity index (χ0) is 8.32. The van der Waals surface area contributed by atoms with Crippen molar-refractivity contribution < 1.29 is 1.41 Å². The lowest BCUT2D eigenvalue weighted by atomic mass is 9.91. The van der Waals surface area contributed by atoms with Crippen molar-refractivity contribution in [1.82, 2.24) is 10.6 Å². The van der Waals surface area contributed by atoms with Crippen molar-refractivity contribution in [2.24, 2.45) is 0 Å². The Bertz CT molecular complexity index is 123. The van der Waals surface area contributed by atoms with Gasteiger partial charge in [0.15, 0.2) is 0 Å². The molecule has 2 N–H and O–H groups in total. The highest BCUT2D eigenvalue weighted by molar-refractivity contribution is 4.90. The van der Waals surface area contributed by atoms with Gasteiger partial charge in [0.2, 0.25) is 0 Å². The van der Waals surface area contributed by atoms with Crippen LogP contribution in [-0.2, 0) is 0 Å². The maximum Gasteiger partial charge on any atom is 0.123 e. The van der Waals surface area contributed by atoms with Crippen molar-refractivity contribution in [2.75, 3.05) is 19.6 Å². The fourth-order valence-electron chi connectivity index (χ4n) is 1.47. The summed E-state index contributed by atoms with van der Waals surface area (Å²) in [6.45, 7) is 7.13. The molecule has 0 bridgehead atoms. The molecule has 2 heteroatoms. The Kier molecular flexibility index (Phi) is 2.22. The van der Waals surface area contributed by atoms with Gasteiger partial charge in [0, 0.05) is 25.2 Å². The second kappa shape index (κ2) is 3.35. The highest BCUT2D eigenvalue weighted by atomic mass is 15.1. The van der Waals surface area contributed by atoms with Crippen molar-refractivity contribution in [1.29, 1.82) is 0 Å². The second-order valence-electron chi connectivity index (χ2n) is 2.99.